The van der Waals surface area contributed by atoms with Crippen LogP contribution >= 0.6 is 0 Å². The smallest absolute Gasteiger partial charge is 0.159 e. The van der Waals surface area contributed by atoms with E-state index in [4.69, 9.17) is 4.74 Å². The molecule has 4 nitrogen and oxygen atoms in total. The van der Waals surface area contributed by atoms with Gasteiger partial charge in [-0.15, -0.1) is 0 Å². The normalized spacial score (nSPS) is 20.0. The lowest BCUT2D eigenvalue weighted by molar-refractivity contribution is -0.0411. The zero-order chi connectivity index (χ0) is 13.9. The predicted molar refractivity (Wildman–Crippen MR) is 71.0 cm³/mol. The first kappa shape index (κ1) is 14.7. The first-order chi connectivity index (χ1) is 8.40. The molecule has 0 bridgehead atoms. The van der Waals surface area contributed by atoms with Gasteiger partial charge in [-0.1, -0.05) is 0 Å². The van der Waals surface area contributed by atoms with Crippen molar-refractivity contribution in [3.8, 4) is 5.75 Å². The zero-order valence-corrected chi connectivity index (χ0v) is 11.4. The van der Waals surface area contributed by atoms with Crippen molar-refractivity contribution in [3.05, 3.63) is 29.3 Å². The fraction of sp³-hybridized carbons (Fsp3) is 0.500. The van der Waals surface area contributed by atoms with Gasteiger partial charge in [0.05, 0.1) is 6.10 Å². The van der Waals surface area contributed by atoms with Crippen LogP contribution in [0.25, 0.3) is 0 Å². The van der Waals surface area contributed by atoms with Gasteiger partial charge >= 0.3 is 0 Å². The first-order valence-electron chi connectivity index (χ1n) is 5.99. The summed E-state index contributed by atoms with van der Waals surface area (Å²) in [6.45, 7) is 5.25. The lowest BCUT2D eigenvalue weighted by Crippen LogP contribution is -2.46. The fourth-order valence-corrected chi connectivity index (χ4v) is 1.86. The largest absolute Gasteiger partial charge is 0.485 e. The second-order valence-corrected chi connectivity index (χ2v) is 4.80. The summed E-state index contributed by atoms with van der Waals surface area (Å²) in [7, 11) is 1.50. The first-order valence-corrected chi connectivity index (χ1v) is 5.99. The standard InChI is InChI=1S/C13H16O3.CH5N/c1-8(14)9-4-5-11-10(6-9)7-12(15)13(2,3)16-11;1-2/h4-6,12,15H,7H2,1-3H3;2H2,1H3/t12-;/m1./s1. The molecule has 0 amide bonds. The number of hydrogen-bond acceptors (Lipinski definition) is 4. The van der Waals surface area contributed by atoms with E-state index in [2.05, 4.69) is 5.73 Å². The van der Waals surface area contributed by atoms with Gasteiger partial charge in [-0.25, -0.2) is 0 Å². The second kappa shape index (κ2) is 5.50. The molecule has 18 heavy (non-hydrogen) atoms. The molecule has 3 N–H and O–H groups in total. The van der Waals surface area contributed by atoms with E-state index in [-0.39, 0.29) is 5.78 Å². The molecule has 0 radical (unpaired) electrons. The number of benzene rings is 1. The van der Waals surface area contributed by atoms with Crippen LogP contribution < -0.4 is 10.5 Å². The highest BCUT2D eigenvalue weighted by Gasteiger charge is 2.35. The van der Waals surface area contributed by atoms with Gasteiger partial charge in [-0.2, -0.15) is 0 Å². The predicted octanol–water partition coefficient (Wildman–Crippen LogP) is 1.54. The third kappa shape index (κ3) is 2.89. The van der Waals surface area contributed by atoms with E-state index in [1.165, 1.54) is 14.0 Å². The molecule has 1 aliphatic rings. The van der Waals surface area contributed by atoms with Crippen molar-refractivity contribution in [1.82, 2.24) is 0 Å². The molecule has 1 heterocycles. The summed E-state index contributed by atoms with van der Waals surface area (Å²) >= 11 is 0. The van der Waals surface area contributed by atoms with Gasteiger partial charge < -0.3 is 15.6 Å². The molecule has 0 saturated carbocycles. The van der Waals surface area contributed by atoms with E-state index >= 15 is 0 Å². The van der Waals surface area contributed by atoms with Crippen LogP contribution in [0.5, 0.6) is 5.75 Å². The van der Waals surface area contributed by atoms with Gasteiger partial charge in [0, 0.05) is 12.0 Å². The molecule has 0 fully saturated rings. The number of carbonyl (C=O) groups is 1. The number of aliphatic hydroxyl groups excluding tert-OH is 1. The van der Waals surface area contributed by atoms with Gasteiger partial charge in [-0.05, 0) is 51.6 Å². The van der Waals surface area contributed by atoms with Gasteiger partial charge in [0.1, 0.15) is 11.4 Å². The van der Waals surface area contributed by atoms with Crippen molar-refractivity contribution in [2.24, 2.45) is 5.73 Å². The Morgan fingerprint density at radius 3 is 2.61 bits per heavy atom. The molecule has 1 atom stereocenters. The number of carbonyl (C=O) groups excluding carboxylic acids is 1. The number of nitrogens with two attached hydrogens (primary N) is 1. The molecule has 1 aromatic rings. The maximum atomic E-state index is 11.2. The van der Waals surface area contributed by atoms with Crippen molar-refractivity contribution < 1.29 is 14.6 Å². The maximum Gasteiger partial charge on any atom is 0.159 e. The highest BCUT2D eigenvalue weighted by molar-refractivity contribution is 5.94. The third-order valence-electron chi connectivity index (χ3n) is 3.06. The summed E-state index contributed by atoms with van der Waals surface area (Å²) in [5, 5.41) is 9.90. The SMILES string of the molecule is CC(=O)c1ccc2c(c1)C[C@@H](O)C(C)(C)O2.CN. The van der Waals surface area contributed by atoms with Gasteiger partial charge in [-0.3, -0.25) is 4.79 Å². The van der Waals surface area contributed by atoms with Crippen LogP contribution in [-0.2, 0) is 6.42 Å². The van der Waals surface area contributed by atoms with Crippen LogP contribution in [0, 0.1) is 0 Å². The Balaban J connectivity index is 0.000000771. The second-order valence-electron chi connectivity index (χ2n) is 4.80. The fourth-order valence-electron chi connectivity index (χ4n) is 1.86. The third-order valence-corrected chi connectivity index (χ3v) is 3.06. The monoisotopic (exact) mass is 251 g/mol. The van der Waals surface area contributed by atoms with Gasteiger partial charge in [0.25, 0.3) is 0 Å². The van der Waals surface area contributed by atoms with Gasteiger partial charge in [0.2, 0.25) is 0 Å². The topological polar surface area (TPSA) is 72.5 Å². The molecule has 0 spiro atoms. The average Bonchev–Trinajstić information content (AvgIpc) is 2.32. The minimum atomic E-state index is -0.565. The molecule has 0 aromatic heterocycles. The van der Waals surface area contributed by atoms with Crippen LogP contribution in [0.15, 0.2) is 18.2 Å². The summed E-state index contributed by atoms with van der Waals surface area (Å²) in [5.74, 6) is 0.794. The molecule has 1 aliphatic heterocycles. The molecule has 100 valence electrons. The zero-order valence-electron chi connectivity index (χ0n) is 11.4. The number of Topliss-reactive ketones (excluding diaryl/α,β-unsaturated/α-hetero) is 1. The summed E-state index contributed by atoms with van der Waals surface area (Å²) in [6, 6.07) is 5.37. The van der Waals surface area contributed by atoms with E-state index in [0.717, 1.165) is 11.3 Å². The summed E-state index contributed by atoms with van der Waals surface area (Å²) in [6.07, 6.45) is -0.00842. The highest BCUT2D eigenvalue weighted by Crippen LogP contribution is 2.33. The lowest BCUT2D eigenvalue weighted by Gasteiger charge is -2.37. The summed E-state index contributed by atoms with van der Waals surface area (Å²) in [4.78, 5) is 11.2. The number of aliphatic hydroxyl groups is 1. The molecular formula is C14H21NO3. The molecule has 0 saturated heterocycles. The van der Waals surface area contributed by atoms with E-state index < -0.39 is 11.7 Å². The molecule has 1 aromatic carbocycles. The van der Waals surface area contributed by atoms with Crippen LogP contribution in [0.3, 0.4) is 0 Å². The minimum Gasteiger partial charge on any atom is -0.485 e. The van der Waals surface area contributed by atoms with E-state index in [0.29, 0.717) is 12.0 Å². The number of ether oxygens (including phenoxy) is 1. The van der Waals surface area contributed by atoms with E-state index in [1.807, 2.05) is 13.8 Å². The Morgan fingerprint density at radius 1 is 1.44 bits per heavy atom. The Hall–Kier alpha value is -1.39. The van der Waals surface area contributed by atoms with E-state index in [1.54, 1.807) is 18.2 Å². The Bertz CT molecular complexity index is 441. The summed E-state index contributed by atoms with van der Waals surface area (Å²) < 4.78 is 5.70. The van der Waals surface area contributed by atoms with E-state index in [9.17, 15) is 9.90 Å². The van der Waals surface area contributed by atoms with Crippen molar-refractivity contribution in [2.45, 2.75) is 38.9 Å². The minimum absolute atomic E-state index is 0.0297. The molecular weight excluding hydrogens is 230 g/mol. The lowest BCUT2D eigenvalue weighted by atomic mass is 9.90. The maximum absolute atomic E-state index is 11.2. The van der Waals surface area contributed by atoms with Gasteiger partial charge in [0.15, 0.2) is 5.78 Å². The van der Waals surface area contributed by atoms with Crippen molar-refractivity contribution in [3.63, 3.8) is 0 Å². The number of fused-ring (bicyclic) bond motifs is 1. The molecule has 2 rings (SSSR count). The van der Waals surface area contributed by atoms with Crippen LogP contribution in [0.2, 0.25) is 0 Å². The molecule has 0 aliphatic carbocycles. The quantitative estimate of drug-likeness (QED) is 0.743. The number of ketones is 1. The molecule has 0 unspecified atom stereocenters. The van der Waals surface area contributed by atoms with Crippen molar-refractivity contribution in [1.29, 1.82) is 0 Å². The van der Waals surface area contributed by atoms with Crippen LogP contribution in [0.4, 0.5) is 0 Å². The summed E-state index contributed by atoms with van der Waals surface area (Å²) in [5.41, 5.74) is 5.50. The van der Waals surface area contributed by atoms with Crippen molar-refractivity contribution >= 4 is 5.78 Å². The van der Waals surface area contributed by atoms with Crippen LogP contribution in [-0.4, -0.2) is 29.6 Å². The Kier molecular flexibility index (Phi) is 4.48. The Labute approximate surface area is 108 Å². The average molecular weight is 251 g/mol. The number of hydrogen-bond donors (Lipinski definition) is 2. The van der Waals surface area contributed by atoms with Crippen LogP contribution in [0.1, 0.15) is 36.7 Å². The Morgan fingerprint density at radius 2 is 2.06 bits per heavy atom. The highest BCUT2D eigenvalue weighted by atomic mass is 16.5. The van der Waals surface area contributed by atoms with Crippen molar-refractivity contribution in [2.75, 3.05) is 7.05 Å². The number of rotatable bonds is 1. The molecule has 4 heteroatoms.